The van der Waals surface area contributed by atoms with Crippen molar-refractivity contribution < 1.29 is 18.4 Å². The number of imidazole rings is 1. The van der Waals surface area contributed by atoms with E-state index >= 15 is 0 Å². The number of nitrogens with one attached hydrogen (secondary N) is 1. The highest BCUT2D eigenvalue weighted by atomic mass is 79.9. The number of halogens is 1. The molecule has 4 heterocycles. The molecule has 12 nitrogen and oxygen atoms in total. The van der Waals surface area contributed by atoms with Crippen LogP contribution in [0.25, 0.3) is 28.2 Å². The number of rotatable bonds is 6. The van der Waals surface area contributed by atoms with Gasteiger partial charge in [-0.15, -0.1) is 10.2 Å². The molecule has 3 aromatic heterocycles. The Morgan fingerprint density at radius 3 is 2.57 bits per heavy atom. The van der Waals surface area contributed by atoms with Crippen LogP contribution < -0.4 is 11.0 Å². The third-order valence-corrected chi connectivity index (χ3v) is 9.26. The quantitative estimate of drug-likeness (QED) is 0.241. The molecule has 0 saturated heterocycles. The third kappa shape index (κ3) is 5.46. The zero-order valence-corrected chi connectivity index (χ0v) is 27.7. The van der Waals surface area contributed by atoms with Gasteiger partial charge in [-0.05, 0) is 67.4 Å². The van der Waals surface area contributed by atoms with Crippen LogP contribution in [0.4, 0.5) is 0 Å². The van der Waals surface area contributed by atoms with E-state index in [9.17, 15) is 14.4 Å². The first kappa shape index (κ1) is 30.4. The topological polar surface area (TPSA) is 141 Å². The Bertz CT molecular complexity index is 2260. The highest BCUT2D eigenvalue weighted by Crippen LogP contribution is 2.28. The van der Waals surface area contributed by atoms with Crippen molar-refractivity contribution in [3.05, 3.63) is 115 Å². The summed E-state index contributed by atoms with van der Waals surface area (Å²) in [5.41, 5.74) is 4.66. The maximum atomic E-state index is 14.2. The first-order valence-electron chi connectivity index (χ1n) is 15.0. The first-order valence-corrected chi connectivity index (χ1v) is 15.8. The van der Waals surface area contributed by atoms with Gasteiger partial charge in [0.25, 0.3) is 11.8 Å². The summed E-state index contributed by atoms with van der Waals surface area (Å²) < 4.78 is 15.2. The first-order chi connectivity index (χ1) is 22.6. The predicted molar refractivity (Wildman–Crippen MR) is 176 cm³/mol. The molecule has 13 heteroatoms. The zero-order valence-electron chi connectivity index (χ0n) is 26.1. The van der Waals surface area contributed by atoms with Gasteiger partial charge < -0.3 is 19.1 Å². The van der Waals surface area contributed by atoms with E-state index in [0.29, 0.717) is 51.3 Å². The largest absolute Gasteiger partial charge is 0.441 e. The van der Waals surface area contributed by atoms with Gasteiger partial charge in [0.2, 0.25) is 11.8 Å². The molecule has 1 atom stereocenters. The van der Waals surface area contributed by atoms with Crippen LogP contribution in [0.3, 0.4) is 0 Å². The molecule has 1 aliphatic heterocycles. The minimum Gasteiger partial charge on any atom is -0.441 e. The molecule has 0 aliphatic carbocycles. The van der Waals surface area contributed by atoms with Gasteiger partial charge in [-0.2, -0.15) is 0 Å². The monoisotopic (exact) mass is 695 g/mol. The second kappa shape index (κ2) is 11.8. The summed E-state index contributed by atoms with van der Waals surface area (Å²) in [6.45, 7) is 7.67. The van der Waals surface area contributed by atoms with E-state index in [4.69, 9.17) is 8.83 Å². The van der Waals surface area contributed by atoms with Gasteiger partial charge in [0, 0.05) is 48.6 Å². The number of carbonyl (C=O) groups excluding carboxylic acids is 2. The Hall–Kier alpha value is -5.30. The van der Waals surface area contributed by atoms with Gasteiger partial charge in [0.1, 0.15) is 11.2 Å². The molecular weight excluding hydrogens is 666 g/mol. The summed E-state index contributed by atoms with van der Waals surface area (Å²) in [6.07, 6.45) is 0. The van der Waals surface area contributed by atoms with Gasteiger partial charge in [-0.1, -0.05) is 34.1 Å². The van der Waals surface area contributed by atoms with Gasteiger partial charge in [0.15, 0.2) is 11.5 Å². The second-order valence-electron chi connectivity index (χ2n) is 11.6. The number of carbonyl (C=O) groups is 2. The van der Waals surface area contributed by atoms with Crippen LogP contribution in [0, 0.1) is 20.8 Å². The Kier molecular flexibility index (Phi) is 7.63. The summed E-state index contributed by atoms with van der Waals surface area (Å²) >= 11 is 3.50. The number of benzene rings is 3. The molecule has 0 unspecified atom stereocenters. The lowest BCUT2D eigenvalue weighted by Crippen LogP contribution is -2.47. The molecule has 0 saturated carbocycles. The van der Waals surface area contributed by atoms with E-state index in [0.717, 1.165) is 15.6 Å². The molecule has 0 spiro atoms. The van der Waals surface area contributed by atoms with Crippen LogP contribution in [0.2, 0.25) is 0 Å². The van der Waals surface area contributed by atoms with E-state index in [1.54, 1.807) is 47.6 Å². The summed E-state index contributed by atoms with van der Waals surface area (Å²) in [6, 6.07) is 17.7. The normalized spacial score (nSPS) is 14.4. The maximum absolute atomic E-state index is 14.2. The van der Waals surface area contributed by atoms with E-state index < -0.39 is 5.91 Å². The van der Waals surface area contributed by atoms with Gasteiger partial charge in [-0.25, -0.2) is 9.78 Å². The average molecular weight is 697 g/mol. The van der Waals surface area contributed by atoms with Crippen LogP contribution >= 0.6 is 15.9 Å². The van der Waals surface area contributed by atoms with Crippen LogP contribution in [-0.2, 0) is 19.6 Å². The molecule has 0 radical (unpaired) electrons. The second-order valence-corrected chi connectivity index (χ2v) is 12.5. The van der Waals surface area contributed by atoms with Gasteiger partial charge in [0.05, 0.1) is 17.9 Å². The van der Waals surface area contributed by atoms with Crippen molar-refractivity contribution >= 4 is 38.8 Å². The number of fused-ring (bicyclic) bond motifs is 2. The van der Waals surface area contributed by atoms with Crippen molar-refractivity contribution in [3.8, 4) is 17.1 Å². The number of amides is 2. The molecular formula is C34H30BrN7O5. The smallest absolute Gasteiger partial charge is 0.333 e. The van der Waals surface area contributed by atoms with Crippen LogP contribution in [-0.4, -0.2) is 47.1 Å². The SMILES string of the molecule is Cc1nnc(-c2ccccc2CNC(=O)c2c3n(c(=O)n2-c2ccc4oc(C)nc4c2)C[C@H](C)N(C(=O)c2ccc(Br)c(C)c2)C3)o1. The fraction of sp³-hybridized carbons (Fsp3) is 0.235. The van der Waals surface area contributed by atoms with Crippen molar-refractivity contribution in [3.63, 3.8) is 0 Å². The third-order valence-electron chi connectivity index (χ3n) is 8.37. The van der Waals surface area contributed by atoms with Gasteiger partial charge in [-0.3, -0.25) is 18.7 Å². The number of nitrogens with zero attached hydrogens (tertiary/aromatic N) is 6. The molecule has 238 valence electrons. The maximum Gasteiger partial charge on any atom is 0.333 e. The minimum absolute atomic E-state index is 0.0588. The summed E-state index contributed by atoms with van der Waals surface area (Å²) in [5.74, 6) is 0.585. The standard InChI is InChI=1S/C34H30BrN7O5/c1-18-13-22(9-11-26(18)35)33(44)40-17-28-30(31(43)36-15-23-7-5-6-8-25(23)32-39-38-21(4)47-32)42(34(45)41(28)16-19(40)2)24-10-12-29-27(14-24)37-20(3)46-29/h5-14,19H,15-17H2,1-4H3,(H,36,43)/t19-/m0/s1. The van der Waals surface area contributed by atoms with E-state index in [1.165, 1.54) is 4.57 Å². The van der Waals surface area contributed by atoms with Crippen LogP contribution in [0.5, 0.6) is 0 Å². The molecule has 2 amide bonds. The van der Waals surface area contributed by atoms with Crippen LogP contribution in [0.15, 0.2) is 78.8 Å². The van der Waals surface area contributed by atoms with Crippen molar-refractivity contribution in [2.75, 3.05) is 0 Å². The predicted octanol–water partition coefficient (Wildman–Crippen LogP) is 5.49. The Morgan fingerprint density at radius 1 is 1.00 bits per heavy atom. The molecule has 47 heavy (non-hydrogen) atoms. The molecule has 0 fully saturated rings. The molecule has 0 bridgehead atoms. The number of hydrogen-bond donors (Lipinski definition) is 1. The molecule has 3 aromatic carbocycles. The summed E-state index contributed by atoms with van der Waals surface area (Å²) in [4.78, 5) is 48.4. The van der Waals surface area contributed by atoms with E-state index in [1.807, 2.05) is 50.2 Å². The average Bonchev–Trinajstić information content (AvgIpc) is 3.74. The zero-order chi connectivity index (χ0) is 33.0. The fourth-order valence-electron chi connectivity index (χ4n) is 6.02. The van der Waals surface area contributed by atoms with Crippen molar-refractivity contribution in [1.82, 2.24) is 34.5 Å². The molecule has 6 aromatic rings. The number of oxazole rings is 1. The lowest BCUT2D eigenvalue weighted by Gasteiger charge is -2.34. The molecule has 1 N–H and O–H groups in total. The lowest BCUT2D eigenvalue weighted by atomic mass is 10.1. The van der Waals surface area contributed by atoms with Crippen LogP contribution in [0.1, 0.15) is 56.4 Å². The summed E-state index contributed by atoms with van der Waals surface area (Å²) in [5, 5.41) is 11.1. The number of aryl methyl sites for hydroxylation is 3. The minimum atomic E-state index is -0.481. The Morgan fingerprint density at radius 2 is 1.81 bits per heavy atom. The Balaban J connectivity index is 1.30. The highest BCUT2D eigenvalue weighted by molar-refractivity contribution is 9.10. The lowest BCUT2D eigenvalue weighted by molar-refractivity contribution is 0.0610. The van der Waals surface area contributed by atoms with Crippen molar-refractivity contribution in [2.45, 2.75) is 53.4 Å². The highest BCUT2D eigenvalue weighted by Gasteiger charge is 2.35. The van der Waals surface area contributed by atoms with Crippen molar-refractivity contribution in [2.24, 2.45) is 0 Å². The van der Waals surface area contributed by atoms with E-state index in [2.05, 4.69) is 36.4 Å². The molecule has 1 aliphatic rings. The number of aromatic nitrogens is 5. The van der Waals surface area contributed by atoms with E-state index in [-0.39, 0.29) is 43.0 Å². The molecule has 7 rings (SSSR count). The Labute approximate surface area is 277 Å². The number of hydrogen-bond acceptors (Lipinski definition) is 8. The fourth-order valence-corrected chi connectivity index (χ4v) is 6.27. The van der Waals surface area contributed by atoms with Gasteiger partial charge >= 0.3 is 5.69 Å². The summed E-state index contributed by atoms with van der Waals surface area (Å²) in [7, 11) is 0. The van der Waals surface area contributed by atoms with Crippen molar-refractivity contribution in [1.29, 1.82) is 0 Å².